The van der Waals surface area contributed by atoms with Crippen molar-refractivity contribution < 1.29 is 19.3 Å². The number of methoxy groups -OCH3 is 1. The van der Waals surface area contributed by atoms with Gasteiger partial charge in [0.15, 0.2) is 5.60 Å². The van der Waals surface area contributed by atoms with Crippen LogP contribution in [-0.4, -0.2) is 43.9 Å². The van der Waals surface area contributed by atoms with Gasteiger partial charge in [-0.05, 0) is 6.42 Å². The van der Waals surface area contributed by atoms with E-state index in [1.807, 2.05) is 0 Å². The minimum atomic E-state index is -0.610. The predicted molar refractivity (Wildman–Crippen MR) is 59.8 cm³/mol. The fourth-order valence-corrected chi connectivity index (χ4v) is 1.24. The fourth-order valence-electron chi connectivity index (χ4n) is 1.24. The highest BCUT2D eigenvalue weighted by molar-refractivity contribution is 5.23. The summed E-state index contributed by atoms with van der Waals surface area (Å²) in [6.07, 6.45) is 2.92. The van der Waals surface area contributed by atoms with Gasteiger partial charge in [-0.2, -0.15) is 0 Å². The number of unbranched alkanes of at least 4 members (excludes halogenated alkanes) is 1. The molecule has 0 aromatic carbocycles. The molecule has 0 radical (unpaired) electrons. The summed E-state index contributed by atoms with van der Waals surface area (Å²) in [6.45, 7) is 2.84. The van der Waals surface area contributed by atoms with Crippen LogP contribution < -0.4 is 0 Å². The standard InChI is InChI=1S/C12H20O4/c1-3-4-5-11(15-10-14-2)6-7-12(8-13)9-16-12/h11,13H,3-5,8-10H2,1-2H3/t11?,12-/m0/s1. The molecule has 2 atom stereocenters. The highest BCUT2D eigenvalue weighted by atomic mass is 16.7. The van der Waals surface area contributed by atoms with Crippen molar-refractivity contribution in [2.45, 2.75) is 37.9 Å². The predicted octanol–water partition coefficient (Wildman–Crippen LogP) is 0.930. The first-order valence-corrected chi connectivity index (χ1v) is 5.64. The second-order valence-corrected chi connectivity index (χ2v) is 3.91. The van der Waals surface area contributed by atoms with Gasteiger partial charge in [0.05, 0.1) is 13.2 Å². The van der Waals surface area contributed by atoms with Gasteiger partial charge in [-0.1, -0.05) is 31.6 Å². The molecule has 0 saturated carbocycles. The monoisotopic (exact) mass is 228 g/mol. The van der Waals surface area contributed by atoms with Crippen LogP contribution in [0, 0.1) is 11.8 Å². The highest BCUT2D eigenvalue weighted by Gasteiger charge is 2.42. The Morgan fingerprint density at radius 3 is 2.81 bits per heavy atom. The maximum absolute atomic E-state index is 9.03. The van der Waals surface area contributed by atoms with Crippen LogP contribution in [0.3, 0.4) is 0 Å². The van der Waals surface area contributed by atoms with Crippen molar-refractivity contribution in [1.29, 1.82) is 0 Å². The van der Waals surface area contributed by atoms with Gasteiger partial charge < -0.3 is 19.3 Å². The van der Waals surface area contributed by atoms with Crippen LogP contribution in [0.25, 0.3) is 0 Å². The van der Waals surface area contributed by atoms with E-state index in [0.717, 1.165) is 19.3 Å². The minimum Gasteiger partial charge on any atom is -0.392 e. The number of rotatable bonds is 7. The Hall–Kier alpha value is -0.600. The Morgan fingerprint density at radius 2 is 2.31 bits per heavy atom. The van der Waals surface area contributed by atoms with Crippen LogP contribution >= 0.6 is 0 Å². The van der Waals surface area contributed by atoms with E-state index in [9.17, 15) is 0 Å². The summed E-state index contributed by atoms with van der Waals surface area (Å²) in [5.74, 6) is 5.94. The smallest absolute Gasteiger partial charge is 0.174 e. The minimum absolute atomic E-state index is 0.0508. The molecule has 92 valence electrons. The number of ether oxygens (including phenoxy) is 3. The first kappa shape index (κ1) is 13.5. The van der Waals surface area contributed by atoms with E-state index in [4.69, 9.17) is 19.3 Å². The van der Waals surface area contributed by atoms with Crippen LogP contribution in [0.2, 0.25) is 0 Å². The molecule has 0 aromatic rings. The lowest BCUT2D eigenvalue weighted by Crippen LogP contribution is -2.17. The molecule has 0 spiro atoms. The lowest BCUT2D eigenvalue weighted by atomic mass is 10.1. The van der Waals surface area contributed by atoms with E-state index in [1.54, 1.807) is 7.11 Å². The van der Waals surface area contributed by atoms with Gasteiger partial charge in [0.1, 0.15) is 12.9 Å². The third-order valence-corrected chi connectivity index (χ3v) is 2.42. The van der Waals surface area contributed by atoms with E-state index in [0.29, 0.717) is 6.61 Å². The van der Waals surface area contributed by atoms with Gasteiger partial charge in [0.25, 0.3) is 0 Å². The summed E-state index contributed by atoms with van der Waals surface area (Å²) in [7, 11) is 1.59. The topological polar surface area (TPSA) is 51.2 Å². The Kier molecular flexibility index (Phi) is 5.78. The highest BCUT2D eigenvalue weighted by Crippen LogP contribution is 2.24. The third kappa shape index (κ3) is 4.50. The van der Waals surface area contributed by atoms with Crippen LogP contribution in [-0.2, 0) is 14.2 Å². The zero-order valence-corrected chi connectivity index (χ0v) is 9.99. The first-order chi connectivity index (χ1) is 7.76. The van der Waals surface area contributed by atoms with E-state index in [-0.39, 0.29) is 19.5 Å². The number of hydrogen-bond acceptors (Lipinski definition) is 4. The Morgan fingerprint density at radius 1 is 1.56 bits per heavy atom. The number of aliphatic hydroxyl groups excluding tert-OH is 1. The maximum atomic E-state index is 9.03. The van der Waals surface area contributed by atoms with E-state index < -0.39 is 5.60 Å². The number of epoxide rings is 1. The molecule has 4 heteroatoms. The molecule has 1 aliphatic rings. The first-order valence-electron chi connectivity index (χ1n) is 5.64. The third-order valence-electron chi connectivity index (χ3n) is 2.42. The summed E-state index contributed by atoms with van der Waals surface area (Å²) >= 11 is 0. The Balaban J connectivity index is 2.41. The van der Waals surface area contributed by atoms with Crippen molar-refractivity contribution >= 4 is 0 Å². The van der Waals surface area contributed by atoms with Gasteiger partial charge >= 0.3 is 0 Å². The number of hydrogen-bond donors (Lipinski definition) is 1. The zero-order chi connectivity index (χ0) is 11.9. The SMILES string of the molecule is CCCCC(C#C[C@]1(CO)CO1)OCOC. The normalized spacial score (nSPS) is 24.7. The van der Waals surface area contributed by atoms with E-state index >= 15 is 0 Å². The van der Waals surface area contributed by atoms with Crippen LogP contribution in [0.1, 0.15) is 26.2 Å². The molecule has 1 saturated heterocycles. The molecule has 1 heterocycles. The molecule has 1 N–H and O–H groups in total. The van der Waals surface area contributed by atoms with Gasteiger partial charge in [-0.25, -0.2) is 0 Å². The molecule has 0 aromatic heterocycles. The quantitative estimate of drug-likeness (QED) is 0.400. The Bertz CT molecular complexity index is 241. The van der Waals surface area contributed by atoms with Crippen molar-refractivity contribution in [3.05, 3.63) is 0 Å². The van der Waals surface area contributed by atoms with Crippen molar-refractivity contribution in [3.63, 3.8) is 0 Å². The molecule has 1 unspecified atom stereocenters. The maximum Gasteiger partial charge on any atom is 0.174 e. The van der Waals surface area contributed by atoms with Crippen molar-refractivity contribution in [3.8, 4) is 11.8 Å². The largest absolute Gasteiger partial charge is 0.392 e. The molecule has 1 rings (SSSR count). The number of aliphatic hydroxyl groups is 1. The summed E-state index contributed by atoms with van der Waals surface area (Å²) in [5.41, 5.74) is -0.610. The second kappa shape index (κ2) is 6.87. The molecule has 0 amide bonds. The summed E-state index contributed by atoms with van der Waals surface area (Å²) in [4.78, 5) is 0. The van der Waals surface area contributed by atoms with Gasteiger partial charge in [0, 0.05) is 7.11 Å². The van der Waals surface area contributed by atoms with Gasteiger partial charge in [-0.3, -0.25) is 0 Å². The van der Waals surface area contributed by atoms with E-state index in [1.165, 1.54) is 0 Å². The second-order valence-electron chi connectivity index (χ2n) is 3.91. The summed E-state index contributed by atoms with van der Waals surface area (Å²) in [5, 5.41) is 9.03. The zero-order valence-electron chi connectivity index (χ0n) is 9.99. The average molecular weight is 228 g/mol. The average Bonchev–Trinajstić information content (AvgIpc) is 3.09. The summed E-state index contributed by atoms with van der Waals surface area (Å²) in [6, 6.07) is 0. The van der Waals surface area contributed by atoms with Crippen LogP contribution in [0.4, 0.5) is 0 Å². The fraction of sp³-hybridized carbons (Fsp3) is 0.833. The van der Waals surface area contributed by atoms with E-state index in [2.05, 4.69) is 18.8 Å². The molecule has 16 heavy (non-hydrogen) atoms. The van der Waals surface area contributed by atoms with Crippen molar-refractivity contribution in [2.24, 2.45) is 0 Å². The molecule has 0 aliphatic carbocycles. The molecule has 1 fully saturated rings. The lowest BCUT2D eigenvalue weighted by molar-refractivity contribution is -0.0548. The molecule has 4 nitrogen and oxygen atoms in total. The van der Waals surface area contributed by atoms with Crippen molar-refractivity contribution in [2.75, 3.05) is 27.1 Å². The molecule has 1 aliphatic heterocycles. The van der Waals surface area contributed by atoms with Crippen LogP contribution in [0.15, 0.2) is 0 Å². The lowest BCUT2D eigenvalue weighted by Gasteiger charge is -2.10. The molecule has 0 bridgehead atoms. The van der Waals surface area contributed by atoms with Gasteiger partial charge in [-0.15, -0.1) is 0 Å². The van der Waals surface area contributed by atoms with Crippen molar-refractivity contribution in [1.82, 2.24) is 0 Å². The Labute approximate surface area is 96.9 Å². The molecular formula is C12H20O4. The molecular weight excluding hydrogens is 208 g/mol. The summed E-state index contributed by atoms with van der Waals surface area (Å²) < 4.78 is 15.4. The van der Waals surface area contributed by atoms with Crippen LogP contribution in [0.5, 0.6) is 0 Å². The van der Waals surface area contributed by atoms with Gasteiger partial charge in [0.2, 0.25) is 0 Å².